The number of pyridine rings is 1. The number of amides is 3. The molecule has 2 atom stereocenters. The van der Waals surface area contributed by atoms with Gasteiger partial charge in [-0.05, 0) is 47.8 Å². The molecule has 0 aliphatic carbocycles. The van der Waals surface area contributed by atoms with Gasteiger partial charge < -0.3 is 29.1 Å². The van der Waals surface area contributed by atoms with E-state index >= 15 is 0 Å². The molecule has 0 bridgehead atoms. The van der Waals surface area contributed by atoms with Gasteiger partial charge >= 0.3 is 12.3 Å². The highest BCUT2D eigenvalue weighted by Crippen LogP contribution is 2.49. The monoisotopic (exact) mass is 732 g/mol. The SMILES string of the molecule is COc1ccc(CNC(=O)c2ccn(CC(=O)NC(O[SiH](C)C)(C(C)C)C(C(C)(C)C)C(F)(F)F)c(=O)c2NC(=O)OCc2ccccc2)cc1. The molecule has 2 unspecified atom stereocenters. The van der Waals surface area contributed by atoms with E-state index in [1.54, 1.807) is 67.7 Å². The van der Waals surface area contributed by atoms with Crippen LogP contribution in [-0.4, -0.2) is 50.5 Å². The van der Waals surface area contributed by atoms with E-state index in [1.165, 1.54) is 47.8 Å². The molecule has 0 saturated carbocycles. The van der Waals surface area contributed by atoms with Gasteiger partial charge in [-0.15, -0.1) is 0 Å². The van der Waals surface area contributed by atoms with Crippen molar-refractivity contribution >= 4 is 32.6 Å². The van der Waals surface area contributed by atoms with Crippen molar-refractivity contribution in [1.82, 2.24) is 15.2 Å². The molecular weight excluding hydrogens is 685 g/mol. The van der Waals surface area contributed by atoms with Crippen LogP contribution in [0, 0.1) is 17.3 Å². The molecule has 0 aliphatic heterocycles. The van der Waals surface area contributed by atoms with E-state index in [1.807, 2.05) is 0 Å². The lowest BCUT2D eigenvalue weighted by Crippen LogP contribution is -2.67. The van der Waals surface area contributed by atoms with Gasteiger partial charge in [-0.3, -0.25) is 19.7 Å². The van der Waals surface area contributed by atoms with Gasteiger partial charge in [0.1, 0.15) is 36.2 Å². The molecule has 3 N–H and O–H groups in total. The highest BCUT2D eigenvalue weighted by atomic mass is 28.3. The van der Waals surface area contributed by atoms with E-state index in [2.05, 4.69) is 16.0 Å². The molecule has 0 spiro atoms. The van der Waals surface area contributed by atoms with Crippen molar-refractivity contribution in [2.45, 2.75) is 79.3 Å². The number of hydrogen-bond acceptors (Lipinski definition) is 7. The number of carbonyl (C=O) groups is 3. The maximum Gasteiger partial charge on any atom is 0.412 e. The summed E-state index contributed by atoms with van der Waals surface area (Å²) in [5.41, 5.74) is -3.82. The van der Waals surface area contributed by atoms with Gasteiger partial charge in [0.25, 0.3) is 11.5 Å². The largest absolute Gasteiger partial charge is 0.497 e. The summed E-state index contributed by atoms with van der Waals surface area (Å²) in [6, 6.07) is 16.9. The lowest BCUT2D eigenvalue weighted by atomic mass is 9.70. The average molecular weight is 733 g/mol. The Morgan fingerprint density at radius 3 is 2.08 bits per heavy atom. The first kappa shape index (κ1) is 40.8. The fraction of sp³-hybridized carbons (Fsp3) is 0.444. The van der Waals surface area contributed by atoms with Gasteiger partial charge in [0.2, 0.25) is 5.91 Å². The summed E-state index contributed by atoms with van der Waals surface area (Å²) in [5, 5.41) is 7.56. The Kier molecular flexibility index (Phi) is 13.6. The average Bonchev–Trinajstić information content (AvgIpc) is 3.03. The molecule has 15 heteroatoms. The number of anilines is 1. The number of rotatable bonds is 14. The highest BCUT2D eigenvalue weighted by Gasteiger charge is 2.61. The summed E-state index contributed by atoms with van der Waals surface area (Å²) in [4.78, 5) is 53.7. The molecule has 3 rings (SSSR count). The van der Waals surface area contributed by atoms with Crippen LogP contribution < -0.4 is 26.2 Å². The molecular formula is C36H47F3N4O7Si. The molecule has 51 heavy (non-hydrogen) atoms. The molecule has 0 fully saturated rings. The topological polar surface area (TPSA) is 137 Å². The third-order valence-electron chi connectivity index (χ3n) is 8.02. The number of hydrogen-bond donors (Lipinski definition) is 3. The van der Waals surface area contributed by atoms with Crippen LogP contribution in [-0.2, 0) is 33.7 Å². The maximum absolute atomic E-state index is 14.8. The second-order valence-electron chi connectivity index (χ2n) is 13.8. The van der Waals surface area contributed by atoms with Crippen LogP contribution in [0.15, 0.2) is 71.7 Å². The molecule has 3 amide bonds. The predicted octanol–water partition coefficient (Wildman–Crippen LogP) is 6.23. The lowest BCUT2D eigenvalue weighted by Gasteiger charge is -2.51. The Labute approximate surface area is 297 Å². The normalized spacial score (nSPS) is 13.7. The van der Waals surface area contributed by atoms with E-state index in [4.69, 9.17) is 13.9 Å². The first-order valence-corrected chi connectivity index (χ1v) is 19.2. The van der Waals surface area contributed by atoms with Gasteiger partial charge in [-0.1, -0.05) is 77.1 Å². The Bertz CT molecular complexity index is 1690. The first-order valence-electron chi connectivity index (χ1n) is 16.5. The van der Waals surface area contributed by atoms with Gasteiger partial charge in [-0.25, -0.2) is 4.79 Å². The van der Waals surface area contributed by atoms with Crippen molar-refractivity contribution in [2.24, 2.45) is 17.3 Å². The second-order valence-corrected chi connectivity index (χ2v) is 16.1. The van der Waals surface area contributed by atoms with Crippen LogP contribution in [0.3, 0.4) is 0 Å². The summed E-state index contributed by atoms with van der Waals surface area (Å²) in [5.74, 6) is -3.97. The number of methoxy groups -OCH3 is 1. The standard InChI is InChI=1S/C36H47F3N4O7Si/c1-23(2)35(50-51(7)8,32(34(3,4)5)36(37,38)39)42-28(44)21-43-19-18-27(30(45)40-20-24-14-16-26(48-6)17-15-24)29(31(43)46)41-33(47)49-22-25-12-10-9-11-13-25/h9-19,23,32,51H,20-22H2,1-8H3,(H,40,45)(H,41,47)(H,42,44). The van der Waals surface area contributed by atoms with Crippen LogP contribution in [0.2, 0.25) is 13.1 Å². The summed E-state index contributed by atoms with van der Waals surface area (Å²) >= 11 is 0. The minimum atomic E-state index is -4.76. The predicted molar refractivity (Wildman–Crippen MR) is 190 cm³/mol. The Hall–Kier alpha value is -4.63. The fourth-order valence-electron chi connectivity index (χ4n) is 5.85. The molecule has 0 saturated heterocycles. The first-order chi connectivity index (χ1) is 23.8. The molecule has 1 aromatic heterocycles. The van der Waals surface area contributed by atoms with Crippen molar-refractivity contribution in [2.75, 3.05) is 12.4 Å². The molecule has 11 nitrogen and oxygen atoms in total. The number of alkyl halides is 3. The fourth-order valence-corrected chi connectivity index (χ4v) is 7.10. The molecule has 1 heterocycles. The van der Waals surface area contributed by atoms with Crippen LogP contribution in [0.25, 0.3) is 0 Å². The van der Waals surface area contributed by atoms with Gasteiger partial charge in [-0.2, -0.15) is 13.2 Å². The number of halogens is 3. The zero-order chi connectivity index (χ0) is 38.1. The van der Waals surface area contributed by atoms with Crippen LogP contribution in [0.4, 0.5) is 23.7 Å². The van der Waals surface area contributed by atoms with Crippen LogP contribution in [0.1, 0.15) is 56.1 Å². The second kappa shape index (κ2) is 17.1. The van der Waals surface area contributed by atoms with Gasteiger partial charge in [0.05, 0.1) is 12.7 Å². The molecule has 0 aliphatic rings. The van der Waals surface area contributed by atoms with Crippen molar-refractivity contribution < 1.29 is 41.5 Å². The Balaban J connectivity index is 1.98. The van der Waals surface area contributed by atoms with Crippen molar-refractivity contribution in [3.8, 4) is 5.75 Å². The van der Waals surface area contributed by atoms with Crippen molar-refractivity contribution in [1.29, 1.82) is 0 Å². The molecule has 0 radical (unpaired) electrons. The van der Waals surface area contributed by atoms with E-state index < -0.39 is 73.9 Å². The van der Waals surface area contributed by atoms with Gasteiger partial charge in [0.15, 0.2) is 9.04 Å². The van der Waals surface area contributed by atoms with Crippen molar-refractivity contribution in [3.05, 3.63) is 93.9 Å². The summed E-state index contributed by atoms with van der Waals surface area (Å²) in [6.45, 7) is 9.95. The minimum absolute atomic E-state index is 0.0663. The highest BCUT2D eigenvalue weighted by molar-refractivity contribution is 6.48. The lowest BCUT2D eigenvalue weighted by molar-refractivity contribution is -0.265. The quantitative estimate of drug-likeness (QED) is 0.132. The van der Waals surface area contributed by atoms with Crippen LogP contribution in [0.5, 0.6) is 5.75 Å². The van der Waals surface area contributed by atoms with Gasteiger partial charge in [0, 0.05) is 18.7 Å². The smallest absolute Gasteiger partial charge is 0.412 e. The number of aromatic nitrogens is 1. The Morgan fingerprint density at radius 2 is 1.55 bits per heavy atom. The third-order valence-corrected chi connectivity index (χ3v) is 8.88. The Morgan fingerprint density at radius 1 is 0.922 bits per heavy atom. The molecule has 3 aromatic rings. The summed E-state index contributed by atoms with van der Waals surface area (Å²) < 4.78 is 61.7. The molecule has 2 aromatic carbocycles. The number of nitrogens with one attached hydrogen (secondary N) is 3. The maximum atomic E-state index is 14.8. The number of ether oxygens (including phenoxy) is 2. The molecule has 278 valence electrons. The van der Waals surface area contributed by atoms with Crippen molar-refractivity contribution in [3.63, 3.8) is 0 Å². The zero-order valence-electron chi connectivity index (χ0n) is 30.1. The van der Waals surface area contributed by atoms with E-state index in [9.17, 15) is 32.3 Å². The van der Waals surface area contributed by atoms with E-state index in [0.717, 1.165) is 16.3 Å². The summed E-state index contributed by atoms with van der Waals surface area (Å²) in [7, 11) is -0.685. The number of nitrogens with zero attached hydrogens (tertiary/aromatic N) is 1. The summed E-state index contributed by atoms with van der Waals surface area (Å²) in [6.07, 6.45) is -4.65. The minimum Gasteiger partial charge on any atom is -0.497 e. The van der Waals surface area contributed by atoms with Crippen LogP contribution >= 0.6 is 0 Å². The number of carbonyl (C=O) groups excluding carboxylic acids is 3. The number of benzene rings is 2. The third kappa shape index (κ3) is 10.9. The van der Waals surface area contributed by atoms with E-state index in [0.29, 0.717) is 11.3 Å². The van der Waals surface area contributed by atoms with E-state index in [-0.39, 0.29) is 18.7 Å². The zero-order valence-corrected chi connectivity index (χ0v) is 31.3.